The van der Waals surface area contributed by atoms with Crippen molar-refractivity contribution >= 4 is 45.6 Å². The molecule has 110 valence electrons. The zero-order valence-electron chi connectivity index (χ0n) is 11.8. The molecule has 0 aliphatic heterocycles. The number of halogens is 2. The zero-order chi connectivity index (χ0) is 15.0. The average Bonchev–Trinajstić information content (AvgIpc) is 3.05. The maximum Gasteiger partial charge on any atom is 0.128 e. The van der Waals surface area contributed by atoms with E-state index in [1.54, 1.807) is 11.3 Å². The van der Waals surface area contributed by atoms with Gasteiger partial charge in [0.15, 0.2) is 0 Å². The first-order valence-electron chi connectivity index (χ1n) is 6.82. The predicted octanol–water partition coefficient (Wildman–Crippen LogP) is 5.06. The Hall–Kier alpha value is -1.10. The smallest absolute Gasteiger partial charge is 0.128 e. The third kappa shape index (κ3) is 2.80. The Balaban J connectivity index is 2.12. The van der Waals surface area contributed by atoms with Crippen LogP contribution in [0.4, 0.5) is 0 Å². The minimum Gasteiger partial charge on any atom is -0.319 e. The molecule has 2 aromatic heterocycles. The number of aromatic nitrogens is 3. The van der Waals surface area contributed by atoms with Gasteiger partial charge in [0.1, 0.15) is 10.8 Å². The van der Waals surface area contributed by atoms with Crippen LogP contribution in [0.5, 0.6) is 0 Å². The van der Waals surface area contributed by atoms with Gasteiger partial charge in [-0.05, 0) is 25.5 Å². The lowest BCUT2D eigenvalue weighted by atomic mass is 10.3. The fourth-order valence-corrected chi connectivity index (χ4v) is 3.63. The monoisotopic (exact) mass is 339 g/mol. The number of rotatable bonds is 4. The van der Waals surface area contributed by atoms with Gasteiger partial charge in [0, 0.05) is 11.1 Å². The molecule has 3 aromatic rings. The second-order valence-corrected chi connectivity index (χ2v) is 7.12. The molecule has 0 N–H and O–H groups in total. The van der Waals surface area contributed by atoms with Gasteiger partial charge in [-0.25, -0.2) is 9.97 Å². The fourth-order valence-electron chi connectivity index (χ4n) is 2.34. The number of benzene rings is 1. The highest BCUT2D eigenvalue weighted by atomic mass is 35.5. The van der Waals surface area contributed by atoms with Gasteiger partial charge in [-0.15, -0.1) is 22.9 Å². The molecule has 0 bridgehead atoms. The predicted molar refractivity (Wildman–Crippen MR) is 89.6 cm³/mol. The molecular weight excluding hydrogens is 325 g/mol. The number of hydrogen-bond donors (Lipinski definition) is 0. The van der Waals surface area contributed by atoms with E-state index in [2.05, 4.69) is 21.5 Å². The Kier molecular flexibility index (Phi) is 4.20. The van der Waals surface area contributed by atoms with Crippen molar-refractivity contribution in [2.24, 2.45) is 0 Å². The van der Waals surface area contributed by atoms with E-state index in [1.165, 1.54) is 4.88 Å². The first-order chi connectivity index (χ1) is 10.1. The largest absolute Gasteiger partial charge is 0.319 e. The summed E-state index contributed by atoms with van der Waals surface area (Å²) in [7, 11) is 0. The standard InChI is InChI=1S/C15H15Cl2N3S/c1-3-10-7-18-13(21-10)8-20-14-11(17)5-4-6-12(14)19-15(20)9(2)16/h4-7,9H,3,8H2,1-2H3. The topological polar surface area (TPSA) is 30.7 Å². The van der Waals surface area contributed by atoms with Crippen LogP contribution in [0.1, 0.15) is 34.9 Å². The van der Waals surface area contributed by atoms with Crippen LogP contribution in [0.2, 0.25) is 5.02 Å². The maximum atomic E-state index is 6.36. The first kappa shape index (κ1) is 14.8. The summed E-state index contributed by atoms with van der Waals surface area (Å²) in [5, 5.41) is 1.56. The van der Waals surface area contributed by atoms with Crippen molar-refractivity contribution in [3.8, 4) is 0 Å². The van der Waals surface area contributed by atoms with E-state index in [9.17, 15) is 0 Å². The zero-order valence-corrected chi connectivity index (χ0v) is 14.1. The minimum atomic E-state index is -0.181. The summed E-state index contributed by atoms with van der Waals surface area (Å²) in [6.45, 7) is 4.71. The van der Waals surface area contributed by atoms with Gasteiger partial charge in [-0.3, -0.25) is 0 Å². The summed E-state index contributed by atoms with van der Waals surface area (Å²) in [6, 6.07) is 5.74. The number of hydrogen-bond acceptors (Lipinski definition) is 3. The lowest BCUT2D eigenvalue weighted by Gasteiger charge is -2.09. The summed E-state index contributed by atoms with van der Waals surface area (Å²) in [5.74, 6) is 0.827. The molecule has 1 unspecified atom stereocenters. The van der Waals surface area contributed by atoms with E-state index in [-0.39, 0.29) is 5.38 Å². The number of thiazole rings is 1. The van der Waals surface area contributed by atoms with Crippen LogP contribution >= 0.6 is 34.5 Å². The summed E-state index contributed by atoms with van der Waals surface area (Å²) in [4.78, 5) is 10.4. The van der Waals surface area contributed by atoms with E-state index in [1.807, 2.05) is 31.3 Å². The number of para-hydroxylation sites is 1. The molecule has 3 nitrogen and oxygen atoms in total. The Morgan fingerprint density at radius 1 is 1.38 bits per heavy atom. The molecular formula is C15H15Cl2N3S. The second-order valence-electron chi connectivity index (χ2n) is 4.85. The molecule has 0 aliphatic carbocycles. The van der Waals surface area contributed by atoms with E-state index in [0.29, 0.717) is 11.6 Å². The molecule has 6 heteroatoms. The number of fused-ring (bicyclic) bond motifs is 1. The van der Waals surface area contributed by atoms with Gasteiger partial charge in [0.25, 0.3) is 0 Å². The van der Waals surface area contributed by atoms with Gasteiger partial charge >= 0.3 is 0 Å². The maximum absolute atomic E-state index is 6.36. The summed E-state index contributed by atoms with van der Waals surface area (Å²) in [5.41, 5.74) is 1.80. The van der Waals surface area contributed by atoms with Crippen molar-refractivity contribution in [3.05, 3.63) is 45.1 Å². The quantitative estimate of drug-likeness (QED) is 0.622. The molecule has 0 radical (unpaired) electrons. The van der Waals surface area contributed by atoms with Crippen molar-refractivity contribution in [1.29, 1.82) is 0 Å². The molecule has 1 aromatic carbocycles. The highest BCUT2D eigenvalue weighted by Gasteiger charge is 2.18. The summed E-state index contributed by atoms with van der Waals surface area (Å²) >= 11 is 14.4. The third-order valence-electron chi connectivity index (χ3n) is 3.35. The molecule has 0 fully saturated rings. The SMILES string of the molecule is CCc1cnc(Cn2c(C(C)Cl)nc3cccc(Cl)c32)s1. The van der Waals surface area contributed by atoms with Crippen LogP contribution < -0.4 is 0 Å². The molecule has 0 aliphatic rings. The van der Waals surface area contributed by atoms with E-state index in [4.69, 9.17) is 23.2 Å². The van der Waals surface area contributed by atoms with Gasteiger partial charge in [-0.1, -0.05) is 24.6 Å². The van der Waals surface area contributed by atoms with Crippen LogP contribution in [0.3, 0.4) is 0 Å². The van der Waals surface area contributed by atoms with E-state index < -0.39 is 0 Å². The average molecular weight is 340 g/mol. The van der Waals surface area contributed by atoms with Crippen LogP contribution in [0.15, 0.2) is 24.4 Å². The van der Waals surface area contributed by atoms with Gasteiger partial charge < -0.3 is 4.57 Å². The fraction of sp³-hybridized carbons (Fsp3) is 0.333. The number of aryl methyl sites for hydroxylation is 1. The van der Waals surface area contributed by atoms with Gasteiger partial charge in [0.2, 0.25) is 0 Å². The van der Waals surface area contributed by atoms with Crippen molar-refractivity contribution in [2.75, 3.05) is 0 Å². The lowest BCUT2D eigenvalue weighted by molar-refractivity contribution is 0.738. The summed E-state index contributed by atoms with van der Waals surface area (Å²) < 4.78 is 2.08. The van der Waals surface area contributed by atoms with E-state index in [0.717, 1.165) is 28.3 Å². The Morgan fingerprint density at radius 2 is 2.19 bits per heavy atom. The van der Waals surface area contributed by atoms with Gasteiger partial charge in [0.05, 0.1) is 28.0 Å². The van der Waals surface area contributed by atoms with E-state index >= 15 is 0 Å². The molecule has 21 heavy (non-hydrogen) atoms. The lowest BCUT2D eigenvalue weighted by Crippen LogP contribution is -2.05. The summed E-state index contributed by atoms with van der Waals surface area (Å²) in [6.07, 6.45) is 2.94. The molecule has 0 amide bonds. The number of alkyl halides is 1. The van der Waals surface area contributed by atoms with Crippen LogP contribution in [0.25, 0.3) is 11.0 Å². The van der Waals surface area contributed by atoms with Crippen LogP contribution in [0, 0.1) is 0 Å². The normalized spacial score (nSPS) is 13.0. The molecule has 2 heterocycles. The van der Waals surface area contributed by atoms with Crippen LogP contribution in [-0.2, 0) is 13.0 Å². The van der Waals surface area contributed by atoms with Crippen molar-refractivity contribution in [2.45, 2.75) is 32.2 Å². The molecule has 0 spiro atoms. The molecule has 1 atom stereocenters. The Bertz CT molecular complexity index is 776. The van der Waals surface area contributed by atoms with Gasteiger partial charge in [-0.2, -0.15) is 0 Å². The molecule has 0 saturated heterocycles. The second kappa shape index (κ2) is 5.95. The van der Waals surface area contributed by atoms with Crippen LogP contribution in [-0.4, -0.2) is 14.5 Å². The Labute approximate surface area is 137 Å². The molecule has 0 saturated carbocycles. The van der Waals surface area contributed by atoms with Crippen molar-refractivity contribution in [3.63, 3.8) is 0 Å². The number of imidazole rings is 1. The highest BCUT2D eigenvalue weighted by Crippen LogP contribution is 2.30. The van der Waals surface area contributed by atoms with Crippen molar-refractivity contribution in [1.82, 2.24) is 14.5 Å². The third-order valence-corrected chi connectivity index (χ3v) is 4.97. The highest BCUT2D eigenvalue weighted by molar-refractivity contribution is 7.11. The Morgan fingerprint density at radius 3 is 2.86 bits per heavy atom. The minimum absolute atomic E-state index is 0.181. The van der Waals surface area contributed by atoms with Crippen molar-refractivity contribution < 1.29 is 0 Å². The first-order valence-corrected chi connectivity index (χ1v) is 8.45. The molecule has 3 rings (SSSR count). The number of nitrogens with zero attached hydrogens (tertiary/aromatic N) is 3.